The minimum atomic E-state index is -4.87. The van der Waals surface area contributed by atoms with Crippen LogP contribution in [0, 0.1) is 5.82 Å². The molecule has 0 saturated heterocycles. The molecule has 0 fully saturated rings. The molecule has 0 radical (unpaired) electrons. The van der Waals surface area contributed by atoms with Crippen LogP contribution in [0.5, 0.6) is 17.2 Å². The van der Waals surface area contributed by atoms with E-state index >= 15 is 0 Å². The first-order valence-corrected chi connectivity index (χ1v) is 9.91. The van der Waals surface area contributed by atoms with Crippen LogP contribution in [0.3, 0.4) is 0 Å². The van der Waals surface area contributed by atoms with E-state index in [1.165, 1.54) is 0 Å². The first-order valence-electron chi connectivity index (χ1n) is 9.53. The van der Waals surface area contributed by atoms with Crippen LogP contribution < -0.4 is 20.3 Å². The Bertz CT molecular complexity index is 1280. The van der Waals surface area contributed by atoms with E-state index in [0.717, 1.165) is 36.5 Å². The van der Waals surface area contributed by atoms with Gasteiger partial charge < -0.3 is 19.9 Å². The number of aliphatic hydroxyl groups is 1. The monoisotopic (exact) mass is 501 g/mol. The average molecular weight is 502 g/mol. The van der Waals surface area contributed by atoms with E-state index in [0.29, 0.717) is 10.7 Å². The summed E-state index contributed by atoms with van der Waals surface area (Å²) in [5, 5.41) is 14.1. The number of nitrogens with one attached hydrogen (secondary N) is 1. The molecule has 0 aliphatic heterocycles. The molecule has 0 atom stereocenters. The summed E-state index contributed by atoms with van der Waals surface area (Å²) in [5.41, 5.74) is -2.53. The Morgan fingerprint density at radius 2 is 1.91 bits per heavy atom. The molecule has 34 heavy (non-hydrogen) atoms. The molecular formula is C21H16ClF4N3O5. The summed E-state index contributed by atoms with van der Waals surface area (Å²) >= 11 is 5.78. The van der Waals surface area contributed by atoms with Crippen molar-refractivity contribution in [3.05, 3.63) is 74.9 Å². The lowest BCUT2D eigenvalue weighted by Crippen LogP contribution is -2.23. The predicted octanol–water partition coefficient (Wildman–Crippen LogP) is 4.45. The second kappa shape index (κ2) is 10.1. The highest BCUT2D eigenvalue weighted by molar-refractivity contribution is 6.32. The van der Waals surface area contributed by atoms with Gasteiger partial charge in [0.05, 0.1) is 34.6 Å². The van der Waals surface area contributed by atoms with Gasteiger partial charge >= 0.3 is 6.18 Å². The number of anilines is 1. The molecule has 0 aliphatic rings. The molecule has 13 heteroatoms. The second-order valence-electron chi connectivity index (χ2n) is 6.63. The van der Waals surface area contributed by atoms with Gasteiger partial charge in [-0.3, -0.25) is 9.59 Å². The van der Waals surface area contributed by atoms with Gasteiger partial charge in [-0.05, 0) is 31.2 Å². The second-order valence-corrected chi connectivity index (χ2v) is 7.04. The van der Waals surface area contributed by atoms with Gasteiger partial charge in [-0.1, -0.05) is 11.6 Å². The highest BCUT2D eigenvalue weighted by Gasteiger charge is 2.35. The van der Waals surface area contributed by atoms with Gasteiger partial charge in [0, 0.05) is 12.1 Å². The van der Waals surface area contributed by atoms with Crippen LogP contribution in [0.25, 0.3) is 0 Å². The summed E-state index contributed by atoms with van der Waals surface area (Å²) in [5.74, 6) is -2.47. The summed E-state index contributed by atoms with van der Waals surface area (Å²) in [6.45, 7) is 1.02. The summed E-state index contributed by atoms with van der Waals surface area (Å²) < 4.78 is 65.4. The van der Waals surface area contributed by atoms with Gasteiger partial charge in [0.2, 0.25) is 0 Å². The molecule has 3 rings (SSSR count). The molecule has 0 aliphatic carbocycles. The Balaban J connectivity index is 2.06. The Morgan fingerprint density at radius 1 is 1.18 bits per heavy atom. The van der Waals surface area contributed by atoms with Crippen molar-refractivity contribution < 1.29 is 36.9 Å². The Morgan fingerprint density at radius 3 is 2.53 bits per heavy atom. The van der Waals surface area contributed by atoms with Gasteiger partial charge in [-0.2, -0.15) is 18.3 Å². The van der Waals surface area contributed by atoms with Gasteiger partial charge in [0.1, 0.15) is 18.3 Å². The molecule has 2 N–H and O–H groups in total. The number of halogens is 5. The normalized spacial score (nSPS) is 11.3. The van der Waals surface area contributed by atoms with Crippen molar-refractivity contribution in [3.8, 4) is 17.2 Å². The van der Waals surface area contributed by atoms with Crippen molar-refractivity contribution in [2.45, 2.75) is 19.8 Å². The van der Waals surface area contributed by atoms with Crippen LogP contribution in [-0.2, 0) is 12.9 Å². The maximum atomic E-state index is 13.6. The Hall–Kier alpha value is -3.64. The zero-order valence-electron chi connectivity index (χ0n) is 17.3. The third-order valence-electron chi connectivity index (χ3n) is 4.31. The number of aromatic nitrogens is 2. The third-order valence-corrected chi connectivity index (χ3v) is 4.62. The highest BCUT2D eigenvalue weighted by atomic mass is 35.5. The smallest absolute Gasteiger partial charge is 0.417 e. The summed E-state index contributed by atoms with van der Waals surface area (Å²) in [7, 11) is 0. The fraction of sp³-hybridized carbons (Fsp3) is 0.190. The zero-order valence-corrected chi connectivity index (χ0v) is 18.1. The maximum absolute atomic E-state index is 13.6. The van der Waals surface area contributed by atoms with Crippen molar-refractivity contribution in [2.24, 2.45) is 0 Å². The summed E-state index contributed by atoms with van der Waals surface area (Å²) in [4.78, 5) is 24.7. The standard InChI is InChI=1S/C21H16ClF4N3O5/c1-2-33-18-5-11(23)3-4-16(18)34-17-8-14(21(24,25)26)15(22)7-13(17)20(32)28-12-6-19(31)29(10-30)27-9-12/h3-9,30H,2,10H2,1H3,(H,28,32). The molecule has 0 saturated carbocycles. The van der Waals surface area contributed by atoms with Gasteiger partial charge in [0.15, 0.2) is 11.5 Å². The van der Waals surface area contributed by atoms with E-state index in [1.54, 1.807) is 6.92 Å². The molecule has 0 bridgehead atoms. The number of rotatable bonds is 7. The minimum absolute atomic E-state index is 0.0987. The largest absolute Gasteiger partial charge is 0.490 e. The lowest BCUT2D eigenvalue weighted by molar-refractivity contribution is -0.137. The van der Waals surface area contributed by atoms with Crippen LogP contribution in [0.2, 0.25) is 5.02 Å². The first kappa shape index (κ1) is 25.0. The van der Waals surface area contributed by atoms with Crippen molar-refractivity contribution in [1.82, 2.24) is 9.78 Å². The predicted molar refractivity (Wildman–Crippen MR) is 113 cm³/mol. The van der Waals surface area contributed by atoms with E-state index in [4.69, 9.17) is 26.2 Å². The van der Waals surface area contributed by atoms with Crippen LogP contribution in [-0.4, -0.2) is 27.4 Å². The van der Waals surface area contributed by atoms with E-state index < -0.39 is 52.1 Å². The lowest BCUT2D eigenvalue weighted by Gasteiger charge is -2.17. The van der Waals surface area contributed by atoms with Crippen molar-refractivity contribution in [1.29, 1.82) is 0 Å². The first-order chi connectivity index (χ1) is 16.0. The van der Waals surface area contributed by atoms with E-state index in [1.807, 2.05) is 0 Å². The molecule has 1 heterocycles. The van der Waals surface area contributed by atoms with Gasteiger partial charge in [-0.15, -0.1) is 0 Å². The third kappa shape index (κ3) is 5.64. The Labute approximate surface area is 194 Å². The quantitative estimate of drug-likeness (QED) is 0.464. The molecule has 1 aromatic heterocycles. The number of carbonyl (C=O) groups excluding carboxylic acids is 1. The molecule has 2 aromatic carbocycles. The van der Waals surface area contributed by atoms with Crippen molar-refractivity contribution in [3.63, 3.8) is 0 Å². The summed E-state index contributed by atoms with van der Waals surface area (Å²) in [6.07, 6.45) is -3.82. The molecule has 180 valence electrons. The Kier molecular flexibility index (Phi) is 7.42. The maximum Gasteiger partial charge on any atom is 0.417 e. The highest BCUT2D eigenvalue weighted by Crippen LogP contribution is 2.41. The number of nitrogens with zero attached hydrogens (tertiary/aromatic N) is 2. The van der Waals surface area contributed by atoms with Crippen LogP contribution in [0.4, 0.5) is 23.2 Å². The van der Waals surface area contributed by atoms with Crippen molar-refractivity contribution >= 4 is 23.2 Å². The number of carbonyl (C=O) groups is 1. The van der Waals surface area contributed by atoms with Gasteiger partial charge in [-0.25, -0.2) is 9.07 Å². The number of hydrogen-bond donors (Lipinski definition) is 2. The molecule has 1 amide bonds. The average Bonchev–Trinajstić information content (AvgIpc) is 2.76. The van der Waals surface area contributed by atoms with Gasteiger partial charge in [0.25, 0.3) is 11.5 Å². The topological polar surface area (TPSA) is 103 Å². The SMILES string of the molecule is CCOc1cc(F)ccc1Oc1cc(C(F)(F)F)c(Cl)cc1C(=O)Nc1cnn(CO)c(=O)c1. The van der Waals surface area contributed by atoms with Crippen LogP contribution in [0.15, 0.2) is 47.4 Å². The molecule has 0 unspecified atom stereocenters. The molecule has 8 nitrogen and oxygen atoms in total. The fourth-order valence-electron chi connectivity index (χ4n) is 2.79. The molecule has 3 aromatic rings. The van der Waals surface area contributed by atoms with E-state index in [9.17, 15) is 27.2 Å². The summed E-state index contributed by atoms with van der Waals surface area (Å²) in [6, 6.07) is 5.32. The molecular weight excluding hydrogens is 486 g/mol. The lowest BCUT2D eigenvalue weighted by atomic mass is 10.1. The zero-order chi connectivity index (χ0) is 25.0. The van der Waals surface area contributed by atoms with E-state index in [-0.39, 0.29) is 23.8 Å². The molecule has 0 spiro atoms. The van der Waals surface area contributed by atoms with Crippen molar-refractivity contribution in [2.75, 3.05) is 11.9 Å². The minimum Gasteiger partial charge on any atom is -0.490 e. The number of amides is 1. The number of alkyl halides is 3. The number of benzene rings is 2. The number of aliphatic hydroxyl groups excluding tert-OH is 1. The van der Waals surface area contributed by atoms with Crippen LogP contribution >= 0.6 is 11.6 Å². The fourth-order valence-corrected chi connectivity index (χ4v) is 3.06. The number of hydrogen-bond acceptors (Lipinski definition) is 6. The number of ether oxygens (including phenoxy) is 2. The van der Waals surface area contributed by atoms with Crippen LogP contribution in [0.1, 0.15) is 22.8 Å². The van der Waals surface area contributed by atoms with E-state index in [2.05, 4.69) is 10.4 Å².